The number of aromatic nitrogens is 6. The minimum absolute atomic E-state index is 0.0596. The van der Waals surface area contributed by atoms with E-state index in [1.165, 1.54) is 6.08 Å². The minimum atomic E-state index is -2.84. The zero-order chi connectivity index (χ0) is 28.6. The number of piperidine rings is 1. The highest BCUT2D eigenvalue weighted by molar-refractivity contribution is 5.88. The van der Waals surface area contributed by atoms with Gasteiger partial charge in [0.15, 0.2) is 0 Å². The summed E-state index contributed by atoms with van der Waals surface area (Å²) in [6, 6.07) is 6.95. The molecule has 40 heavy (non-hydrogen) atoms. The van der Waals surface area contributed by atoms with Gasteiger partial charge in [-0.2, -0.15) is 8.78 Å². The Morgan fingerprint density at radius 3 is 2.70 bits per heavy atom. The normalized spacial score (nSPS) is 15.9. The summed E-state index contributed by atoms with van der Waals surface area (Å²) in [7, 11) is 0. The molecule has 1 atom stereocenters. The van der Waals surface area contributed by atoms with E-state index in [1.54, 1.807) is 36.2 Å². The number of imidazole rings is 1. The maximum absolute atomic E-state index is 13.9. The van der Waals surface area contributed by atoms with Crippen molar-refractivity contribution in [1.82, 2.24) is 34.4 Å². The Morgan fingerprint density at radius 2 is 2.02 bits per heavy atom. The Bertz CT molecular complexity index is 1550. The number of amides is 1. The molecule has 0 bridgehead atoms. The Balaban J connectivity index is 1.47. The van der Waals surface area contributed by atoms with Crippen LogP contribution in [0.4, 0.5) is 8.78 Å². The molecule has 4 aromatic rings. The Hall–Kier alpha value is -4.19. The third-order valence-corrected chi connectivity index (χ3v) is 7.37. The number of halogens is 2. The number of pyridine rings is 1. The first-order chi connectivity index (χ1) is 19.1. The summed E-state index contributed by atoms with van der Waals surface area (Å²) in [5.41, 5.74) is 2.09. The van der Waals surface area contributed by atoms with Gasteiger partial charge in [-0.05, 0) is 63.5 Å². The second kappa shape index (κ2) is 10.8. The fourth-order valence-corrected chi connectivity index (χ4v) is 5.28. The van der Waals surface area contributed by atoms with Gasteiger partial charge in [-0.3, -0.25) is 14.3 Å². The predicted molar refractivity (Wildman–Crippen MR) is 144 cm³/mol. The Morgan fingerprint density at radius 1 is 1.27 bits per heavy atom. The largest absolute Gasteiger partial charge is 0.488 e. The van der Waals surface area contributed by atoms with Gasteiger partial charge in [0.05, 0.1) is 22.9 Å². The summed E-state index contributed by atoms with van der Waals surface area (Å²) >= 11 is 0. The molecule has 210 valence electrons. The van der Waals surface area contributed by atoms with Crippen molar-refractivity contribution in [2.75, 3.05) is 19.7 Å². The van der Waals surface area contributed by atoms with E-state index >= 15 is 0 Å². The summed E-state index contributed by atoms with van der Waals surface area (Å²) < 4.78 is 36.3. The molecule has 12 heteroatoms. The lowest BCUT2D eigenvalue weighted by molar-refractivity contribution is -0.127. The summed E-state index contributed by atoms with van der Waals surface area (Å²) in [6.07, 6.45) is 5.40. The maximum atomic E-state index is 13.9. The first kappa shape index (κ1) is 27.4. The molecule has 1 unspecified atom stereocenters. The van der Waals surface area contributed by atoms with E-state index < -0.39 is 12.2 Å². The number of hydrogen-bond acceptors (Lipinski definition) is 7. The van der Waals surface area contributed by atoms with Crippen LogP contribution in [-0.2, 0) is 10.4 Å². The number of carbonyl (C=O) groups is 1. The van der Waals surface area contributed by atoms with E-state index in [-0.39, 0.29) is 29.8 Å². The first-order valence-electron chi connectivity index (χ1n) is 13.0. The number of alkyl halides is 2. The Kier molecular flexibility index (Phi) is 7.37. The van der Waals surface area contributed by atoms with Gasteiger partial charge in [0.1, 0.15) is 35.5 Å². The van der Waals surface area contributed by atoms with Crippen LogP contribution in [0.25, 0.3) is 22.3 Å². The van der Waals surface area contributed by atoms with Gasteiger partial charge < -0.3 is 14.7 Å². The van der Waals surface area contributed by atoms with Crippen LogP contribution in [0.3, 0.4) is 0 Å². The van der Waals surface area contributed by atoms with Crippen molar-refractivity contribution in [3.05, 3.63) is 66.4 Å². The lowest BCUT2D eigenvalue weighted by Crippen LogP contribution is -2.38. The Labute approximate surface area is 229 Å². The van der Waals surface area contributed by atoms with Crippen LogP contribution in [0.1, 0.15) is 49.3 Å². The second-order valence-electron chi connectivity index (χ2n) is 10.2. The second-order valence-corrected chi connectivity index (χ2v) is 10.2. The lowest BCUT2D eigenvalue weighted by Gasteiger charge is -2.31. The summed E-state index contributed by atoms with van der Waals surface area (Å²) in [5.74, 6) is 0.0417. The number of nitrogens with zero attached hydrogens (tertiary/aromatic N) is 7. The number of fused-ring (bicyclic) bond motifs is 1. The highest BCUT2D eigenvalue weighted by Gasteiger charge is 2.30. The van der Waals surface area contributed by atoms with Crippen molar-refractivity contribution >= 4 is 16.9 Å². The van der Waals surface area contributed by atoms with E-state index in [4.69, 9.17) is 4.74 Å². The van der Waals surface area contributed by atoms with Crippen LogP contribution < -0.4 is 4.74 Å². The molecule has 0 aliphatic carbocycles. The number of aliphatic hydroxyl groups is 1. The summed E-state index contributed by atoms with van der Waals surface area (Å²) in [6.45, 7) is 6.97. The molecule has 1 N–H and O–H groups in total. The number of likely N-dealkylation sites (tertiary alicyclic amines) is 1. The van der Waals surface area contributed by atoms with Crippen LogP contribution in [-0.4, -0.2) is 65.1 Å². The molecular weight excluding hydrogens is 520 g/mol. The molecule has 1 aliphatic heterocycles. The minimum Gasteiger partial charge on any atom is -0.488 e. The van der Waals surface area contributed by atoms with Crippen molar-refractivity contribution in [2.24, 2.45) is 0 Å². The monoisotopic (exact) mass is 551 g/mol. The van der Waals surface area contributed by atoms with Gasteiger partial charge in [0.2, 0.25) is 5.91 Å². The molecule has 1 saturated heterocycles. The van der Waals surface area contributed by atoms with Crippen molar-refractivity contribution in [1.29, 1.82) is 0 Å². The number of benzene rings is 1. The van der Waals surface area contributed by atoms with Gasteiger partial charge in [-0.25, -0.2) is 9.67 Å². The van der Waals surface area contributed by atoms with Gasteiger partial charge >= 0.3 is 6.55 Å². The zero-order valence-electron chi connectivity index (χ0n) is 22.6. The summed E-state index contributed by atoms with van der Waals surface area (Å²) in [4.78, 5) is 22.2. The maximum Gasteiger partial charge on any atom is 0.320 e. The van der Waals surface area contributed by atoms with E-state index in [2.05, 4.69) is 26.9 Å². The smallest absolute Gasteiger partial charge is 0.320 e. The molecular formula is C28H31F2N7O3. The number of ether oxygens (including phenoxy) is 1. The third kappa shape index (κ3) is 5.06. The van der Waals surface area contributed by atoms with E-state index in [1.807, 2.05) is 24.6 Å². The highest BCUT2D eigenvalue weighted by Crippen LogP contribution is 2.36. The molecule has 1 fully saturated rings. The average molecular weight is 552 g/mol. The zero-order valence-corrected chi connectivity index (χ0v) is 22.6. The number of hydrogen-bond donors (Lipinski definition) is 1. The topological polar surface area (TPSA) is 111 Å². The van der Waals surface area contributed by atoms with Gasteiger partial charge in [-0.1, -0.05) is 17.9 Å². The van der Waals surface area contributed by atoms with Crippen molar-refractivity contribution < 1.29 is 23.4 Å². The quantitative estimate of drug-likeness (QED) is 0.324. The molecule has 1 aromatic carbocycles. The molecule has 0 saturated carbocycles. The third-order valence-electron chi connectivity index (χ3n) is 7.37. The van der Waals surface area contributed by atoms with Gasteiger partial charge in [0, 0.05) is 24.8 Å². The fourth-order valence-electron chi connectivity index (χ4n) is 5.28. The molecule has 1 amide bonds. The molecule has 0 spiro atoms. The lowest BCUT2D eigenvalue weighted by atomic mass is 9.99. The van der Waals surface area contributed by atoms with E-state index in [0.29, 0.717) is 35.6 Å². The number of aryl methyl sites for hydroxylation is 1. The standard InChI is InChI=1S/C28H31F2N7O3/c1-5-23(38)35-11-8-20(9-12-35)37-18(3)24(33-34-37)19-13-21-25(36(16-32-21)27(29)30)22(14-19)40-15-28(4,39)26-17(2)7-6-10-31-26/h5-7,10,13-14,16,20,27,39H,1,8-9,11-12,15H2,2-4H3. The SMILES string of the molecule is C=CC(=O)N1CCC(n2nnc(-c3cc(OCC(C)(O)c4ncccc4C)c4c(c3)ncn4C(F)F)c2C)CC1. The molecule has 3 aromatic heterocycles. The van der Waals surface area contributed by atoms with Crippen LogP contribution in [0.15, 0.2) is 49.4 Å². The molecule has 5 rings (SSSR count). The van der Waals surface area contributed by atoms with Gasteiger partial charge in [-0.15, -0.1) is 5.10 Å². The van der Waals surface area contributed by atoms with Crippen molar-refractivity contribution in [3.63, 3.8) is 0 Å². The molecule has 4 heterocycles. The number of carbonyl (C=O) groups excluding carboxylic acids is 1. The van der Waals surface area contributed by atoms with Gasteiger partial charge in [0.25, 0.3) is 0 Å². The van der Waals surface area contributed by atoms with Crippen LogP contribution >= 0.6 is 0 Å². The van der Waals surface area contributed by atoms with E-state index in [0.717, 1.165) is 35.0 Å². The summed E-state index contributed by atoms with van der Waals surface area (Å²) in [5, 5.41) is 20.0. The molecule has 1 aliphatic rings. The van der Waals surface area contributed by atoms with Crippen LogP contribution in [0, 0.1) is 13.8 Å². The average Bonchev–Trinajstić information content (AvgIpc) is 3.55. The van der Waals surface area contributed by atoms with Crippen molar-refractivity contribution in [3.8, 4) is 17.0 Å². The van der Waals surface area contributed by atoms with Crippen molar-refractivity contribution in [2.45, 2.75) is 51.8 Å². The van der Waals surface area contributed by atoms with Crippen LogP contribution in [0.2, 0.25) is 0 Å². The first-order valence-corrected chi connectivity index (χ1v) is 13.0. The molecule has 0 radical (unpaired) electrons. The van der Waals surface area contributed by atoms with Crippen LogP contribution in [0.5, 0.6) is 5.75 Å². The van der Waals surface area contributed by atoms with E-state index in [9.17, 15) is 18.7 Å². The number of rotatable bonds is 8. The predicted octanol–water partition coefficient (Wildman–Crippen LogP) is 4.34. The highest BCUT2D eigenvalue weighted by atomic mass is 19.3. The fraction of sp³-hybridized carbons (Fsp3) is 0.393. The molecule has 10 nitrogen and oxygen atoms in total.